The number of benzene rings is 2. The third kappa shape index (κ3) is 5.20. The largest absolute Gasteiger partial charge is 0.494 e. The molecule has 22 heavy (non-hydrogen) atoms. The van der Waals surface area contributed by atoms with Crippen LogP contribution in [-0.2, 0) is 0 Å². The number of nitrogens with one attached hydrogen (secondary N) is 2. The first-order valence-electron chi connectivity index (χ1n) is 7.75. The molecule has 0 radical (unpaired) electrons. The lowest BCUT2D eigenvalue weighted by Gasteiger charge is -2.11. The smallest absolute Gasteiger partial charge is 0.121 e. The number of ether oxygens (including phenoxy) is 2. The summed E-state index contributed by atoms with van der Waals surface area (Å²) in [4.78, 5) is 0. The third-order valence-electron chi connectivity index (χ3n) is 3.09. The van der Waals surface area contributed by atoms with Gasteiger partial charge < -0.3 is 20.1 Å². The van der Waals surface area contributed by atoms with E-state index in [2.05, 4.69) is 10.6 Å². The van der Waals surface area contributed by atoms with Gasteiger partial charge in [0.15, 0.2) is 0 Å². The van der Waals surface area contributed by atoms with Gasteiger partial charge in [0.25, 0.3) is 0 Å². The highest BCUT2D eigenvalue weighted by atomic mass is 16.5. The minimum atomic E-state index is 0.683. The van der Waals surface area contributed by atoms with Crippen molar-refractivity contribution >= 4 is 11.4 Å². The van der Waals surface area contributed by atoms with Gasteiger partial charge in [0.1, 0.15) is 11.5 Å². The Morgan fingerprint density at radius 3 is 2.05 bits per heavy atom. The van der Waals surface area contributed by atoms with Crippen LogP contribution >= 0.6 is 0 Å². The molecule has 4 nitrogen and oxygen atoms in total. The molecule has 0 aliphatic carbocycles. The van der Waals surface area contributed by atoms with E-state index in [9.17, 15) is 0 Å². The molecule has 0 amide bonds. The van der Waals surface area contributed by atoms with Crippen molar-refractivity contribution in [2.75, 3.05) is 36.9 Å². The molecule has 2 N–H and O–H groups in total. The zero-order chi connectivity index (χ0) is 15.6. The van der Waals surface area contributed by atoms with Gasteiger partial charge in [-0.3, -0.25) is 0 Å². The molecule has 0 atom stereocenters. The maximum absolute atomic E-state index is 5.49. The lowest BCUT2D eigenvalue weighted by atomic mass is 10.3. The number of anilines is 2. The summed E-state index contributed by atoms with van der Waals surface area (Å²) in [6.45, 7) is 7.02. The fourth-order valence-electron chi connectivity index (χ4n) is 2.11. The summed E-state index contributed by atoms with van der Waals surface area (Å²) >= 11 is 0. The minimum absolute atomic E-state index is 0.683. The Bertz CT molecular complexity index is 555. The Balaban J connectivity index is 1.73. The molecule has 2 aromatic rings. The third-order valence-corrected chi connectivity index (χ3v) is 3.09. The molecule has 0 spiro atoms. The molecule has 0 bridgehead atoms. The summed E-state index contributed by atoms with van der Waals surface area (Å²) in [6.07, 6.45) is 0. The lowest BCUT2D eigenvalue weighted by Crippen LogP contribution is -2.13. The maximum atomic E-state index is 5.49. The van der Waals surface area contributed by atoms with Gasteiger partial charge in [-0.2, -0.15) is 0 Å². The Hall–Kier alpha value is -2.36. The maximum Gasteiger partial charge on any atom is 0.121 e. The van der Waals surface area contributed by atoms with E-state index < -0.39 is 0 Å². The molecule has 2 rings (SSSR count). The molecular weight excluding hydrogens is 276 g/mol. The Kier molecular flexibility index (Phi) is 6.42. The van der Waals surface area contributed by atoms with Crippen molar-refractivity contribution in [2.24, 2.45) is 0 Å². The summed E-state index contributed by atoms with van der Waals surface area (Å²) < 4.78 is 10.9. The fourth-order valence-corrected chi connectivity index (χ4v) is 2.11. The standard InChI is InChI=1S/C18H24N2O2/c1-3-21-17-10-8-15(9-11-17)19-12-13-20-16-6-5-7-18(14-16)22-4-2/h5-11,14,19-20H,3-4,12-13H2,1-2H3. The van der Waals surface area contributed by atoms with Gasteiger partial charge in [-0.1, -0.05) is 6.07 Å². The van der Waals surface area contributed by atoms with Crippen molar-refractivity contribution < 1.29 is 9.47 Å². The van der Waals surface area contributed by atoms with Crippen LogP contribution in [0.4, 0.5) is 11.4 Å². The van der Waals surface area contributed by atoms with Crippen LogP contribution in [-0.4, -0.2) is 26.3 Å². The zero-order valence-corrected chi connectivity index (χ0v) is 13.3. The number of hydrogen-bond donors (Lipinski definition) is 2. The second-order valence-corrected chi connectivity index (χ2v) is 4.77. The highest BCUT2D eigenvalue weighted by molar-refractivity contribution is 5.49. The van der Waals surface area contributed by atoms with Crippen molar-refractivity contribution in [1.82, 2.24) is 0 Å². The summed E-state index contributed by atoms with van der Waals surface area (Å²) in [6, 6.07) is 16.0. The van der Waals surface area contributed by atoms with E-state index in [-0.39, 0.29) is 0 Å². The van der Waals surface area contributed by atoms with E-state index in [0.29, 0.717) is 13.2 Å². The normalized spacial score (nSPS) is 10.1. The number of hydrogen-bond acceptors (Lipinski definition) is 4. The quantitative estimate of drug-likeness (QED) is 0.687. The highest BCUT2D eigenvalue weighted by Gasteiger charge is 1.97. The van der Waals surface area contributed by atoms with Gasteiger partial charge in [-0.25, -0.2) is 0 Å². The lowest BCUT2D eigenvalue weighted by molar-refractivity contribution is 0.340. The van der Waals surface area contributed by atoms with E-state index in [1.165, 1.54) is 0 Å². The second-order valence-electron chi connectivity index (χ2n) is 4.77. The van der Waals surface area contributed by atoms with Gasteiger partial charge in [-0.05, 0) is 50.2 Å². The second kappa shape index (κ2) is 8.82. The molecule has 118 valence electrons. The Labute approximate surface area is 132 Å². The first-order valence-corrected chi connectivity index (χ1v) is 7.75. The summed E-state index contributed by atoms with van der Waals surface area (Å²) in [5.74, 6) is 1.80. The van der Waals surface area contributed by atoms with E-state index in [4.69, 9.17) is 9.47 Å². The van der Waals surface area contributed by atoms with Crippen LogP contribution in [0.15, 0.2) is 48.5 Å². The first kappa shape index (κ1) is 16.0. The van der Waals surface area contributed by atoms with Crippen LogP contribution in [0.5, 0.6) is 11.5 Å². The predicted molar refractivity (Wildman–Crippen MR) is 92.2 cm³/mol. The van der Waals surface area contributed by atoms with Crippen LogP contribution in [0, 0.1) is 0 Å². The van der Waals surface area contributed by atoms with E-state index >= 15 is 0 Å². The fraction of sp³-hybridized carbons (Fsp3) is 0.333. The zero-order valence-electron chi connectivity index (χ0n) is 13.3. The highest BCUT2D eigenvalue weighted by Crippen LogP contribution is 2.17. The van der Waals surface area contributed by atoms with Gasteiger partial charge >= 0.3 is 0 Å². The topological polar surface area (TPSA) is 42.5 Å². The summed E-state index contributed by atoms with van der Waals surface area (Å²) in [5, 5.41) is 6.75. The van der Waals surface area contributed by atoms with Crippen molar-refractivity contribution in [3.8, 4) is 11.5 Å². The minimum Gasteiger partial charge on any atom is -0.494 e. The van der Waals surface area contributed by atoms with Crippen molar-refractivity contribution in [3.05, 3.63) is 48.5 Å². The van der Waals surface area contributed by atoms with Gasteiger partial charge in [0.05, 0.1) is 13.2 Å². The van der Waals surface area contributed by atoms with Crippen molar-refractivity contribution in [3.63, 3.8) is 0 Å². The van der Waals surface area contributed by atoms with Gasteiger partial charge in [-0.15, -0.1) is 0 Å². The molecule has 0 saturated carbocycles. The van der Waals surface area contributed by atoms with E-state index in [0.717, 1.165) is 36.0 Å². The van der Waals surface area contributed by atoms with Crippen molar-refractivity contribution in [1.29, 1.82) is 0 Å². The van der Waals surface area contributed by atoms with Crippen LogP contribution in [0.3, 0.4) is 0 Å². The molecule has 0 aliphatic heterocycles. The van der Waals surface area contributed by atoms with Crippen LogP contribution < -0.4 is 20.1 Å². The molecule has 0 unspecified atom stereocenters. The van der Waals surface area contributed by atoms with Crippen LogP contribution in [0.1, 0.15) is 13.8 Å². The average molecular weight is 300 g/mol. The summed E-state index contributed by atoms with van der Waals surface area (Å²) in [7, 11) is 0. The Morgan fingerprint density at radius 2 is 1.36 bits per heavy atom. The Morgan fingerprint density at radius 1 is 0.727 bits per heavy atom. The van der Waals surface area contributed by atoms with Gasteiger partial charge in [0, 0.05) is 30.5 Å². The molecule has 4 heteroatoms. The van der Waals surface area contributed by atoms with Crippen LogP contribution in [0.25, 0.3) is 0 Å². The first-order chi connectivity index (χ1) is 10.8. The van der Waals surface area contributed by atoms with Crippen LogP contribution in [0.2, 0.25) is 0 Å². The SMILES string of the molecule is CCOc1ccc(NCCNc2cccc(OCC)c2)cc1. The average Bonchev–Trinajstić information content (AvgIpc) is 2.54. The van der Waals surface area contributed by atoms with E-state index in [1.54, 1.807) is 0 Å². The van der Waals surface area contributed by atoms with Crippen molar-refractivity contribution in [2.45, 2.75) is 13.8 Å². The number of rotatable bonds is 9. The molecule has 2 aromatic carbocycles. The summed E-state index contributed by atoms with van der Waals surface area (Å²) in [5.41, 5.74) is 2.16. The predicted octanol–water partition coefficient (Wildman–Crippen LogP) is 4.01. The molecule has 0 fully saturated rings. The molecule has 0 aliphatic rings. The molecule has 0 heterocycles. The molecule has 0 aromatic heterocycles. The molecule has 0 saturated heterocycles. The van der Waals surface area contributed by atoms with Gasteiger partial charge in [0.2, 0.25) is 0 Å². The molecular formula is C18H24N2O2. The monoisotopic (exact) mass is 300 g/mol. The van der Waals surface area contributed by atoms with E-state index in [1.807, 2.05) is 62.4 Å².